The van der Waals surface area contributed by atoms with Crippen molar-refractivity contribution >= 4 is 5.82 Å². The van der Waals surface area contributed by atoms with Gasteiger partial charge in [0.05, 0.1) is 12.2 Å². The van der Waals surface area contributed by atoms with Crippen LogP contribution in [-0.2, 0) is 19.4 Å². The van der Waals surface area contributed by atoms with Crippen molar-refractivity contribution in [2.24, 2.45) is 0 Å². The van der Waals surface area contributed by atoms with Crippen molar-refractivity contribution in [1.82, 2.24) is 24.6 Å². The fraction of sp³-hybridized carbons (Fsp3) is 0.500. The van der Waals surface area contributed by atoms with Crippen LogP contribution in [0.5, 0.6) is 0 Å². The molecule has 3 heterocycles. The molecule has 0 radical (unpaired) electrons. The quantitative estimate of drug-likeness (QED) is 0.778. The molecule has 8 heteroatoms. The molecular formula is C18H21N7O. The molecule has 2 aliphatic rings. The van der Waals surface area contributed by atoms with E-state index in [2.05, 4.69) is 30.9 Å². The molecule has 1 saturated heterocycles. The van der Waals surface area contributed by atoms with Crippen molar-refractivity contribution in [2.75, 3.05) is 37.6 Å². The summed E-state index contributed by atoms with van der Waals surface area (Å²) in [5, 5.41) is 13.7. The van der Waals surface area contributed by atoms with Gasteiger partial charge in [-0.2, -0.15) is 10.4 Å². The van der Waals surface area contributed by atoms with Crippen molar-refractivity contribution in [1.29, 1.82) is 5.26 Å². The number of rotatable bonds is 4. The first-order chi connectivity index (χ1) is 12.7. The number of nitrogens with zero attached hydrogens (tertiary/aromatic N) is 7. The summed E-state index contributed by atoms with van der Waals surface area (Å²) < 4.78 is 1.60. The summed E-state index contributed by atoms with van der Waals surface area (Å²) in [5.41, 5.74) is 2.58. The molecule has 1 aliphatic carbocycles. The summed E-state index contributed by atoms with van der Waals surface area (Å²) in [7, 11) is 0. The lowest BCUT2D eigenvalue weighted by atomic mass is 10.2. The van der Waals surface area contributed by atoms with Crippen molar-refractivity contribution in [3.05, 3.63) is 45.8 Å². The Morgan fingerprint density at radius 2 is 1.88 bits per heavy atom. The Kier molecular flexibility index (Phi) is 4.63. The van der Waals surface area contributed by atoms with E-state index >= 15 is 0 Å². The number of nitriles is 1. The Morgan fingerprint density at radius 1 is 1.08 bits per heavy atom. The molecule has 4 rings (SSSR count). The van der Waals surface area contributed by atoms with Crippen LogP contribution in [0.2, 0.25) is 0 Å². The normalized spacial score (nSPS) is 17.1. The van der Waals surface area contributed by atoms with Crippen LogP contribution in [0.15, 0.2) is 23.3 Å². The third kappa shape index (κ3) is 3.30. The predicted molar refractivity (Wildman–Crippen MR) is 95.9 cm³/mol. The third-order valence-corrected chi connectivity index (χ3v) is 5.11. The zero-order valence-electron chi connectivity index (χ0n) is 14.6. The molecule has 2 aromatic rings. The minimum absolute atomic E-state index is 0.00232. The highest BCUT2D eigenvalue weighted by Gasteiger charge is 2.21. The largest absolute Gasteiger partial charge is 0.352 e. The van der Waals surface area contributed by atoms with Gasteiger partial charge in [-0.1, -0.05) is 0 Å². The number of anilines is 1. The molecule has 26 heavy (non-hydrogen) atoms. The van der Waals surface area contributed by atoms with Gasteiger partial charge in [0.25, 0.3) is 5.56 Å². The van der Waals surface area contributed by atoms with E-state index in [0.29, 0.717) is 18.1 Å². The van der Waals surface area contributed by atoms with E-state index in [1.807, 2.05) is 0 Å². The Morgan fingerprint density at radius 3 is 2.69 bits per heavy atom. The van der Waals surface area contributed by atoms with E-state index in [9.17, 15) is 10.1 Å². The SMILES string of the molecule is N#Cc1nccnc1N1CCN(CCn2nc3c(cc2=O)CCC3)CC1. The number of piperazine rings is 1. The summed E-state index contributed by atoms with van der Waals surface area (Å²) in [5.74, 6) is 0.658. The lowest BCUT2D eigenvalue weighted by molar-refractivity contribution is 0.242. The van der Waals surface area contributed by atoms with Crippen molar-refractivity contribution in [2.45, 2.75) is 25.8 Å². The average Bonchev–Trinajstić information content (AvgIpc) is 3.13. The van der Waals surface area contributed by atoms with Crippen molar-refractivity contribution in [3.63, 3.8) is 0 Å². The van der Waals surface area contributed by atoms with Crippen LogP contribution in [0.4, 0.5) is 5.82 Å². The molecule has 0 atom stereocenters. The summed E-state index contributed by atoms with van der Waals surface area (Å²) in [4.78, 5) is 25.0. The first-order valence-corrected chi connectivity index (χ1v) is 9.03. The molecule has 2 aromatic heterocycles. The Labute approximate surface area is 151 Å². The first-order valence-electron chi connectivity index (χ1n) is 9.03. The number of hydrogen-bond acceptors (Lipinski definition) is 7. The Balaban J connectivity index is 1.35. The third-order valence-electron chi connectivity index (χ3n) is 5.11. The molecule has 1 aliphatic heterocycles. The first kappa shape index (κ1) is 16.7. The Hall–Kier alpha value is -2.79. The van der Waals surface area contributed by atoms with Crippen LogP contribution >= 0.6 is 0 Å². The van der Waals surface area contributed by atoms with E-state index in [1.54, 1.807) is 23.1 Å². The summed E-state index contributed by atoms with van der Waals surface area (Å²) in [6.45, 7) is 4.72. The summed E-state index contributed by atoms with van der Waals surface area (Å²) >= 11 is 0. The molecule has 0 amide bonds. The minimum atomic E-state index is 0.00232. The van der Waals surface area contributed by atoms with Gasteiger partial charge in [-0.15, -0.1) is 0 Å². The summed E-state index contributed by atoms with van der Waals surface area (Å²) in [6.07, 6.45) is 6.22. The van der Waals surface area contributed by atoms with Crippen LogP contribution in [0.25, 0.3) is 0 Å². The second-order valence-corrected chi connectivity index (χ2v) is 6.70. The zero-order chi connectivity index (χ0) is 17.9. The average molecular weight is 351 g/mol. The molecule has 0 aromatic carbocycles. The molecule has 0 N–H and O–H groups in total. The molecular weight excluding hydrogens is 330 g/mol. The smallest absolute Gasteiger partial charge is 0.267 e. The highest BCUT2D eigenvalue weighted by molar-refractivity contribution is 5.49. The van der Waals surface area contributed by atoms with Gasteiger partial charge in [0.1, 0.15) is 6.07 Å². The van der Waals surface area contributed by atoms with Crippen molar-refractivity contribution in [3.8, 4) is 6.07 Å². The molecule has 8 nitrogen and oxygen atoms in total. The number of hydrogen-bond donors (Lipinski definition) is 0. The van der Waals surface area contributed by atoms with E-state index in [0.717, 1.165) is 63.2 Å². The Bertz CT molecular complexity index is 893. The summed E-state index contributed by atoms with van der Waals surface area (Å²) in [6, 6.07) is 3.86. The number of fused-ring (bicyclic) bond motifs is 1. The molecule has 0 unspecified atom stereocenters. The lowest BCUT2D eigenvalue weighted by Gasteiger charge is -2.35. The second-order valence-electron chi connectivity index (χ2n) is 6.70. The number of aryl methyl sites for hydroxylation is 2. The molecule has 0 saturated carbocycles. The highest BCUT2D eigenvalue weighted by atomic mass is 16.1. The van der Waals surface area contributed by atoms with Crippen LogP contribution in [0, 0.1) is 11.3 Å². The van der Waals surface area contributed by atoms with Gasteiger partial charge < -0.3 is 4.90 Å². The van der Waals surface area contributed by atoms with Gasteiger partial charge in [0, 0.05) is 51.2 Å². The van der Waals surface area contributed by atoms with Crippen LogP contribution in [0.3, 0.4) is 0 Å². The van der Waals surface area contributed by atoms with E-state index in [-0.39, 0.29) is 5.56 Å². The number of aromatic nitrogens is 4. The van der Waals surface area contributed by atoms with Crippen molar-refractivity contribution < 1.29 is 0 Å². The van der Waals surface area contributed by atoms with E-state index in [1.165, 1.54) is 0 Å². The highest BCUT2D eigenvalue weighted by Crippen LogP contribution is 2.17. The monoisotopic (exact) mass is 351 g/mol. The molecule has 134 valence electrons. The van der Waals surface area contributed by atoms with Gasteiger partial charge >= 0.3 is 0 Å². The van der Waals surface area contributed by atoms with Gasteiger partial charge in [-0.05, 0) is 24.8 Å². The molecule has 1 fully saturated rings. The lowest BCUT2D eigenvalue weighted by Crippen LogP contribution is -2.48. The van der Waals surface area contributed by atoms with E-state index in [4.69, 9.17) is 0 Å². The second kappa shape index (κ2) is 7.22. The fourth-order valence-electron chi connectivity index (χ4n) is 3.66. The minimum Gasteiger partial charge on any atom is -0.352 e. The van der Waals surface area contributed by atoms with Crippen LogP contribution in [-0.4, -0.2) is 57.4 Å². The maximum atomic E-state index is 12.2. The fourth-order valence-corrected chi connectivity index (χ4v) is 3.66. The maximum Gasteiger partial charge on any atom is 0.267 e. The maximum absolute atomic E-state index is 12.2. The molecule has 0 bridgehead atoms. The topological polar surface area (TPSA) is 90.9 Å². The molecule has 0 spiro atoms. The standard InChI is InChI=1S/C18H21N7O/c19-13-16-18(21-5-4-20-16)24-9-6-23(7-10-24)8-11-25-17(26)12-14-2-1-3-15(14)22-25/h4-5,12H,1-3,6-11H2. The van der Waals surface area contributed by atoms with E-state index < -0.39 is 0 Å². The predicted octanol–water partition coefficient (Wildman–Crippen LogP) is 0.216. The van der Waals surface area contributed by atoms with Crippen LogP contribution in [0.1, 0.15) is 23.4 Å². The zero-order valence-corrected chi connectivity index (χ0v) is 14.6. The van der Waals surface area contributed by atoms with Gasteiger partial charge in [0.2, 0.25) is 0 Å². The van der Waals surface area contributed by atoms with Gasteiger partial charge in [0.15, 0.2) is 11.5 Å². The van der Waals surface area contributed by atoms with Crippen LogP contribution < -0.4 is 10.5 Å². The van der Waals surface area contributed by atoms with Gasteiger partial charge in [-0.25, -0.2) is 14.6 Å². The van der Waals surface area contributed by atoms with Gasteiger partial charge in [-0.3, -0.25) is 9.69 Å².